The van der Waals surface area contributed by atoms with Gasteiger partial charge in [0.25, 0.3) is 5.91 Å². The Labute approximate surface area is 143 Å². The third-order valence-electron chi connectivity index (χ3n) is 3.39. The maximum absolute atomic E-state index is 12.1. The molecule has 24 heavy (non-hydrogen) atoms. The van der Waals surface area contributed by atoms with Crippen molar-refractivity contribution in [1.82, 2.24) is 4.98 Å². The van der Waals surface area contributed by atoms with E-state index >= 15 is 0 Å². The van der Waals surface area contributed by atoms with Crippen molar-refractivity contribution >= 4 is 40.2 Å². The summed E-state index contributed by atoms with van der Waals surface area (Å²) in [6.07, 6.45) is 0. The molecule has 0 radical (unpaired) electrons. The number of hydrogen-bond donors (Lipinski definition) is 2. The molecule has 0 spiro atoms. The Morgan fingerprint density at radius 3 is 2.58 bits per heavy atom. The maximum atomic E-state index is 12.1. The summed E-state index contributed by atoms with van der Waals surface area (Å²) in [5, 5.41) is 4.54. The van der Waals surface area contributed by atoms with E-state index in [1.54, 1.807) is 24.3 Å². The van der Waals surface area contributed by atoms with Crippen LogP contribution in [0.5, 0.6) is 0 Å². The van der Waals surface area contributed by atoms with Crippen molar-refractivity contribution in [3.05, 3.63) is 66.2 Å². The summed E-state index contributed by atoms with van der Waals surface area (Å²) in [6, 6.07) is 18.3. The van der Waals surface area contributed by atoms with Gasteiger partial charge in [0.05, 0.1) is 27.5 Å². The molecular weight excluding hydrogens is 322 g/mol. The predicted molar refractivity (Wildman–Crippen MR) is 96.1 cm³/mol. The molecule has 0 fully saturated rings. The summed E-state index contributed by atoms with van der Waals surface area (Å²) in [7, 11) is 0. The van der Waals surface area contributed by atoms with Crippen LogP contribution < -0.4 is 11.1 Å². The number of benzene rings is 2. The number of aromatic nitrogens is 1. The standard InChI is InChI=1S/C18H15N3O2S/c19-18(23)13-6-2-4-8-15(13)20-16(22)11-24-17-10-9-12-5-1-3-7-14(12)21-17/h1-10H,11H2,(H2,19,23)(H,20,22). The summed E-state index contributed by atoms with van der Waals surface area (Å²) < 4.78 is 0. The smallest absolute Gasteiger partial charge is 0.250 e. The molecule has 3 rings (SSSR count). The van der Waals surface area contributed by atoms with Gasteiger partial charge in [-0.2, -0.15) is 0 Å². The van der Waals surface area contributed by atoms with Crippen LogP contribution in [0.25, 0.3) is 10.9 Å². The normalized spacial score (nSPS) is 10.5. The average Bonchev–Trinajstić information content (AvgIpc) is 2.60. The van der Waals surface area contributed by atoms with Gasteiger partial charge in [-0.3, -0.25) is 9.59 Å². The van der Waals surface area contributed by atoms with Crippen molar-refractivity contribution in [2.75, 3.05) is 11.1 Å². The van der Waals surface area contributed by atoms with Crippen molar-refractivity contribution in [3.8, 4) is 0 Å². The van der Waals surface area contributed by atoms with E-state index in [2.05, 4.69) is 10.3 Å². The van der Waals surface area contributed by atoms with Crippen LogP contribution in [-0.4, -0.2) is 22.6 Å². The maximum Gasteiger partial charge on any atom is 0.250 e. The number of primary amides is 1. The molecule has 0 bridgehead atoms. The van der Waals surface area contributed by atoms with E-state index in [1.807, 2.05) is 36.4 Å². The monoisotopic (exact) mass is 337 g/mol. The van der Waals surface area contributed by atoms with Gasteiger partial charge in [0.1, 0.15) is 0 Å². The number of carbonyl (C=O) groups excluding carboxylic acids is 2. The van der Waals surface area contributed by atoms with E-state index in [0.717, 1.165) is 15.9 Å². The molecule has 0 unspecified atom stereocenters. The van der Waals surface area contributed by atoms with E-state index < -0.39 is 5.91 Å². The summed E-state index contributed by atoms with van der Waals surface area (Å²) >= 11 is 1.34. The van der Waals surface area contributed by atoms with Crippen molar-refractivity contribution in [2.45, 2.75) is 5.03 Å². The van der Waals surface area contributed by atoms with Gasteiger partial charge >= 0.3 is 0 Å². The molecule has 2 amide bonds. The van der Waals surface area contributed by atoms with E-state index in [0.29, 0.717) is 11.3 Å². The average molecular weight is 337 g/mol. The number of hydrogen-bond acceptors (Lipinski definition) is 4. The van der Waals surface area contributed by atoms with Gasteiger partial charge in [0, 0.05) is 5.39 Å². The Bertz CT molecular complexity index is 911. The number of nitrogens with one attached hydrogen (secondary N) is 1. The molecule has 1 aromatic heterocycles. The topological polar surface area (TPSA) is 85.1 Å². The third-order valence-corrected chi connectivity index (χ3v) is 4.32. The first-order valence-electron chi connectivity index (χ1n) is 7.31. The Balaban J connectivity index is 1.66. The number of nitrogens with two attached hydrogens (primary N) is 1. The number of thioether (sulfide) groups is 1. The first-order valence-corrected chi connectivity index (χ1v) is 8.29. The summed E-state index contributed by atoms with van der Waals surface area (Å²) in [5.41, 5.74) is 6.90. The fraction of sp³-hybridized carbons (Fsp3) is 0.0556. The van der Waals surface area contributed by atoms with Crippen molar-refractivity contribution in [3.63, 3.8) is 0 Å². The lowest BCUT2D eigenvalue weighted by Crippen LogP contribution is -2.19. The van der Waals surface area contributed by atoms with Gasteiger partial charge in [-0.1, -0.05) is 48.2 Å². The number of anilines is 1. The molecule has 3 aromatic rings. The van der Waals surface area contributed by atoms with E-state index in [4.69, 9.17) is 5.73 Å². The van der Waals surface area contributed by atoms with Crippen LogP contribution >= 0.6 is 11.8 Å². The number of para-hydroxylation sites is 2. The number of pyridine rings is 1. The molecule has 120 valence electrons. The van der Waals surface area contributed by atoms with Crippen LogP contribution in [0.3, 0.4) is 0 Å². The first kappa shape index (κ1) is 16.0. The molecule has 0 aliphatic rings. The van der Waals surface area contributed by atoms with Gasteiger partial charge in [-0.15, -0.1) is 0 Å². The molecule has 0 aliphatic carbocycles. The van der Waals surface area contributed by atoms with Gasteiger partial charge < -0.3 is 11.1 Å². The van der Waals surface area contributed by atoms with Crippen LogP contribution in [0.15, 0.2) is 65.7 Å². The molecule has 0 saturated heterocycles. The SMILES string of the molecule is NC(=O)c1ccccc1NC(=O)CSc1ccc2ccccc2n1. The highest BCUT2D eigenvalue weighted by Crippen LogP contribution is 2.21. The van der Waals surface area contributed by atoms with Crippen molar-refractivity contribution < 1.29 is 9.59 Å². The number of nitrogens with zero attached hydrogens (tertiary/aromatic N) is 1. The summed E-state index contributed by atoms with van der Waals surface area (Å²) in [4.78, 5) is 28.0. The molecule has 1 heterocycles. The third kappa shape index (κ3) is 3.72. The molecule has 6 heteroatoms. The number of rotatable bonds is 5. The minimum Gasteiger partial charge on any atom is -0.366 e. The lowest BCUT2D eigenvalue weighted by molar-refractivity contribution is -0.113. The molecule has 0 saturated carbocycles. The molecule has 2 aromatic carbocycles. The molecule has 0 aliphatic heterocycles. The fourth-order valence-electron chi connectivity index (χ4n) is 2.26. The fourth-order valence-corrected chi connectivity index (χ4v) is 2.94. The predicted octanol–water partition coefficient (Wildman–Crippen LogP) is 3.06. The van der Waals surface area contributed by atoms with E-state index in [1.165, 1.54) is 11.8 Å². The molecule has 5 nitrogen and oxygen atoms in total. The van der Waals surface area contributed by atoms with Crippen LogP contribution in [0.1, 0.15) is 10.4 Å². The Hall–Kier alpha value is -2.86. The second-order valence-electron chi connectivity index (χ2n) is 5.09. The van der Waals surface area contributed by atoms with Gasteiger partial charge in [-0.05, 0) is 24.3 Å². The van der Waals surface area contributed by atoms with Gasteiger partial charge in [-0.25, -0.2) is 4.98 Å². The second kappa shape index (κ2) is 7.14. The summed E-state index contributed by atoms with van der Waals surface area (Å²) in [6.45, 7) is 0. The van der Waals surface area contributed by atoms with E-state index in [-0.39, 0.29) is 11.7 Å². The summed E-state index contributed by atoms with van der Waals surface area (Å²) in [5.74, 6) is -0.600. The van der Waals surface area contributed by atoms with Crippen molar-refractivity contribution in [2.24, 2.45) is 5.73 Å². The lowest BCUT2D eigenvalue weighted by atomic mass is 10.1. The minimum absolute atomic E-state index is 0.193. The largest absolute Gasteiger partial charge is 0.366 e. The van der Waals surface area contributed by atoms with Gasteiger partial charge in [0.2, 0.25) is 5.91 Å². The van der Waals surface area contributed by atoms with E-state index in [9.17, 15) is 9.59 Å². The van der Waals surface area contributed by atoms with Crippen LogP contribution in [0.2, 0.25) is 0 Å². The Kier molecular flexibility index (Phi) is 4.77. The second-order valence-corrected chi connectivity index (χ2v) is 6.08. The number of amides is 2. The molecule has 3 N–H and O–H groups in total. The molecular formula is C18H15N3O2S. The highest BCUT2D eigenvalue weighted by Gasteiger charge is 2.11. The Morgan fingerprint density at radius 1 is 1.00 bits per heavy atom. The quantitative estimate of drug-likeness (QED) is 0.701. The first-order chi connectivity index (χ1) is 11.6. The van der Waals surface area contributed by atoms with Crippen molar-refractivity contribution in [1.29, 1.82) is 0 Å². The lowest BCUT2D eigenvalue weighted by Gasteiger charge is -2.08. The number of fused-ring (bicyclic) bond motifs is 1. The van der Waals surface area contributed by atoms with Gasteiger partial charge in [0.15, 0.2) is 0 Å². The Morgan fingerprint density at radius 2 is 1.75 bits per heavy atom. The van der Waals surface area contributed by atoms with Crippen LogP contribution in [0, 0.1) is 0 Å². The highest BCUT2D eigenvalue weighted by molar-refractivity contribution is 7.99. The van der Waals surface area contributed by atoms with Crippen LogP contribution in [0.4, 0.5) is 5.69 Å². The zero-order chi connectivity index (χ0) is 16.9. The highest BCUT2D eigenvalue weighted by atomic mass is 32.2. The number of carbonyl (C=O) groups is 2. The van der Waals surface area contributed by atoms with Crippen LogP contribution in [-0.2, 0) is 4.79 Å². The zero-order valence-corrected chi connectivity index (χ0v) is 13.5. The minimum atomic E-state index is -0.574. The molecule has 0 atom stereocenters. The zero-order valence-electron chi connectivity index (χ0n) is 12.7.